The summed E-state index contributed by atoms with van der Waals surface area (Å²) in [6, 6.07) is 0. The van der Waals surface area contributed by atoms with E-state index in [4.69, 9.17) is 0 Å². The standard InChI is InChI=1S/C23H36O3/c1-2-3-4-8-14-23-15-13-21(25)18(19(23)16-22(23)26)11-12-20(24)17-9-6-5-7-10-17/h17-21,24-25H,2-10,13-16H2,1H3/t18-,19-,20-,21-,23+/m1/s1. The Kier molecular flexibility index (Phi) is 6.81. The number of aliphatic hydroxyl groups is 2. The lowest BCUT2D eigenvalue weighted by Crippen LogP contribution is -2.58. The quantitative estimate of drug-likeness (QED) is 0.550. The molecular formula is C23H36O3. The maximum atomic E-state index is 12.5. The Balaban J connectivity index is 1.65. The average molecular weight is 361 g/mol. The van der Waals surface area contributed by atoms with Crippen LogP contribution in [0.1, 0.15) is 90.4 Å². The van der Waals surface area contributed by atoms with Gasteiger partial charge in [0.1, 0.15) is 11.9 Å². The van der Waals surface area contributed by atoms with Crippen molar-refractivity contribution in [1.82, 2.24) is 0 Å². The number of carbonyl (C=O) groups excluding carboxylic acids is 1. The van der Waals surface area contributed by atoms with Crippen LogP contribution in [-0.2, 0) is 4.79 Å². The molecule has 0 saturated heterocycles. The number of aliphatic hydroxyl groups excluding tert-OH is 2. The van der Waals surface area contributed by atoms with Crippen molar-refractivity contribution >= 4 is 5.78 Å². The molecule has 0 heterocycles. The number of unbranched alkanes of at least 4 members (excludes halogenated alkanes) is 3. The Morgan fingerprint density at radius 1 is 1.15 bits per heavy atom. The van der Waals surface area contributed by atoms with Gasteiger partial charge in [-0.3, -0.25) is 4.79 Å². The fourth-order valence-electron chi connectivity index (χ4n) is 5.59. The maximum Gasteiger partial charge on any atom is 0.139 e. The average Bonchev–Trinajstić information content (AvgIpc) is 2.66. The molecule has 0 spiro atoms. The molecule has 0 aliphatic heterocycles. The van der Waals surface area contributed by atoms with Gasteiger partial charge in [-0.2, -0.15) is 0 Å². The van der Waals surface area contributed by atoms with E-state index in [1.165, 1.54) is 38.5 Å². The molecule has 3 saturated carbocycles. The van der Waals surface area contributed by atoms with E-state index < -0.39 is 12.2 Å². The summed E-state index contributed by atoms with van der Waals surface area (Å²) < 4.78 is 0. The summed E-state index contributed by atoms with van der Waals surface area (Å²) in [7, 11) is 0. The second-order valence-corrected chi connectivity index (χ2v) is 8.96. The zero-order valence-corrected chi connectivity index (χ0v) is 16.4. The van der Waals surface area contributed by atoms with E-state index in [0.717, 1.165) is 32.1 Å². The van der Waals surface area contributed by atoms with Crippen LogP contribution in [0.25, 0.3) is 0 Å². The van der Waals surface area contributed by atoms with Gasteiger partial charge in [0.15, 0.2) is 0 Å². The van der Waals surface area contributed by atoms with Crippen molar-refractivity contribution in [2.45, 2.75) is 103 Å². The predicted octanol–water partition coefficient (Wildman–Crippen LogP) is 4.25. The predicted molar refractivity (Wildman–Crippen MR) is 103 cm³/mol. The zero-order valence-electron chi connectivity index (χ0n) is 16.4. The van der Waals surface area contributed by atoms with Crippen LogP contribution in [0.3, 0.4) is 0 Å². The van der Waals surface area contributed by atoms with Gasteiger partial charge in [0.2, 0.25) is 0 Å². The molecule has 3 nitrogen and oxygen atoms in total. The Hall–Kier alpha value is -0.850. The smallest absolute Gasteiger partial charge is 0.139 e. The van der Waals surface area contributed by atoms with Crippen LogP contribution in [0.2, 0.25) is 0 Å². The number of rotatable bonds is 6. The van der Waals surface area contributed by atoms with Crippen LogP contribution < -0.4 is 0 Å². The van der Waals surface area contributed by atoms with Gasteiger partial charge < -0.3 is 10.2 Å². The Labute approximate surface area is 158 Å². The second-order valence-electron chi connectivity index (χ2n) is 8.96. The molecule has 26 heavy (non-hydrogen) atoms. The van der Waals surface area contributed by atoms with Gasteiger partial charge >= 0.3 is 0 Å². The third-order valence-electron chi connectivity index (χ3n) is 7.38. The molecule has 3 aliphatic rings. The van der Waals surface area contributed by atoms with Crippen LogP contribution in [0.4, 0.5) is 0 Å². The SMILES string of the molecule is CCCCCC[C@]12CC[C@@H](O)[C@H](C#C[C@@H](O)C3CCCCC3)[C@H]1CC2=O. The Morgan fingerprint density at radius 3 is 2.62 bits per heavy atom. The topological polar surface area (TPSA) is 57.5 Å². The third-order valence-corrected chi connectivity index (χ3v) is 7.38. The molecule has 3 rings (SSSR count). The lowest BCUT2D eigenvalue weighted by Gasteiger charge is -2.55. The molecule has 3 heteroatoms. The van der Waals surface area contributed by atoms with Crippen LogP contribution in [0, 0.1) is 35.0 Å². The molecule has 5 atom stereocenters. The lowest BCUT2D eigenvalue weighted by atomic mass is 9.47. The molecule has 3 fully saturated rings. The summed E-state index contributed by atoms with van der Waals surface area (Å²) in [4.78, 5) is 12.5. The number of Topliss-reactive ketones (excluding diaryl/α,β-unsaturated/α-hetero) is 1. The number of hydrogen-bond acceptors (Lipinski definition) is 3. The summed E-state index contributed by atoms with van der Waals surface area (Å²) in [6.07, 6.45) is 12.5. The van der Waals surface area contributed by atoms with Gasteiger partial charge in [0, 0.05) is 11.8 Å². The molecular weight excluding hydrogens is 324 g/mol. The fraction of sp³-hybridized carbons (Fsp3) is 0.870. The maximum absolute atomic E-state index is 12.5. The minimum atomic E-state index is -0.570. The van der Waals surface area contributed by atoms with Crippen molar-refractivity contribution in [3.8, 4) is 11.8 Å². The summed E-state index contributed by atoms with van der Waals surface area (Å²) in [5.41, 5.74) is -0.220. The third kappa shape index (κ3) is 4.02. The molecule has 3 aliphatic carbocycles. The van der Waals surface area contributed by atoms with Crippen molar-refractivity contribution in [3.05, 3.63) is 0 Å². The van der Waals surface area contributed by atoms with Gasteiger partial charge in [0.05, 0.1) is 12.0 Å². The van der Waals surface area contributed by atoms with Gasteiger partial charge in [-0.15, -0.1) is 0 Å². The van der Waals surface area contributed by atoms with Crippen LogP contribution >= 0.6 is 0 Å². The zero-order chi connectivity index (χ0) is 18.6. The first kappa shape index (κ1) is 19.9. The minimum Gasteiger partial charge on any atom is -0.392 e. The highest BCUT2D eigenvalue weighted by Crippen LogP contribution is 2.57. The summed E-state index contributed by atoms with van der Waals surface area (Å²) in [5, 5.41) is 21.0. The Morgan fingerprint density at radius 2 is 1.92 bits per heavy atom. The highest BCUT2D eigenvalue weighted by molar-refractivity contribution is 5.92. The van der Waals surface area contributed by atoms with Gasteiger partial charge in [-0.1, -0.05) is 63.7 Å². The summed E-state index contributed by atoms with van der Waals surface area (Å²) in [6.45, 7) is 2.20. The molecule has 0 bridgehead atoms. The first-order valence-electron chi connectivity index (χ1n) is 11.0. The van der Waals surface area contributed by atoms with Gasteiger partial charge in [-0.25, -0.2) is 0 Å². The molecule has 0 unspecified atom stereocenters. The van der Waals surface area contributed by atoms with Crippen molar-refractivity contribution in [2.24, 2.45) is 23.2 Å². The van der Waals surface area contributed by atoms with Gasteiger partial charge in [0.25, 0.3) is 0 Å². The van der Waals surface area contributed by atoms with Crippen LogP contribution in [0.5, 0.6) is 0 Å². The molecule has 2 N–H and O–H groups in total. The van der Waals surface area contributed by atoms with E-state index in [1.54, 1.807) is 0 Å². The highest BCUT2D eigenvalue weighted by atomic mass is 16.3. The summed E-state index contributed by atoms with van der Waals surface area (Å²) in [5.74, 6) is 7.08. The number of carbonyl (C=O) groups is 1. The van der Waals surface area contributed by atoms with Crippen molar-refractivity contribution < 1.29 is 15.0 Å². The van der Waals surface area contributed by atoms with E-state index in [2.05, 4.69) is 18.8 Å². The highest BCUT2D eigenvalue weighted by Gasteiger charge is 2.59. The number of fused-ring (bicyclic) bond motifs is 1. The number of ketones is 1. The number of hydrogen-bond donors (Lipinski definition) is 2. The molecule has 0 aromatic heterocycles. The minimum absolute atomic E-state index is 0.133. The second kappa shape index (κ2) is 8.89. The van der Waals surface area contributed by atoms with Crippen LogP contribution in [-0.4, -0.2) is 28.2 Å². The van der Waals surface area contributed by atoms with Crippen LogP contribution in [0.15, 0.2) is 0 Å². The van der Waals surface area contributed by atoms with E-state index in [9.17, 15) is 15.0 Å². The fourth-order valence-corrected chi connectivity index (χ4v) is 5.59. The largest absolute Gasteiger partial charge is 0.392 e. The molecule has 146 valence electrons. The molecule has 0 aromatic rings. The first-order valence-corrected chi connectivity index (χ1v) is 11.0. The van der Waals surface area contributed by atoms with E-state index in [0.29, 0.717) is 24.5 Å². The van der Waals surface area contributed by atoms with E-state index >= 15 is 0 Å². The monoisotopic (exact) mass is 360 g/mol. The van der Waals surface area contributed by atoms with Crippen molar-refractivity contribution in [1.29, 1.82) is 0 Å². The van der Waals surface area contributed by atoms with E-state index in [-0.39, 0.29) is 17.3 Å². The first-order chi connectivity index (χ1) is 12.6. The normalized spacial score (nSPS) is 35.8. The lowest BCUT2D eigenvalue weighted by molar-refractivity contribution is -0.161. The molecule has 0 radical (unpaired) electrons. The molecule has 0 amide bonds. The van der Waals surface area contributed by atoms with Crippen molar-refractivity contribution in [2.75, 3.05) is 0 Å². The summed E-state index contributed by atoms with van der Waals surface area (Å²) >= 11 is 0. The Bertz CT molecular complexity index is 539. The van der Waals surface area contributed by atoms with Gasteiger partial charge in [-0.05, 0) is 43.9 Å². The van der Waals surface area contributed by atoms with E-state index in [1.807, 2.05) is 0 Å². The molecule has 0 aromatic carbocycles. The van der Waals surface area contributed by atoms with Crippen molar-refractivity contribution in [3.63, 3.8) is 0 Å².